The van der Waals surface area contributed by atoms with Gasteiger partial charge in [0.05, 0.1) is 11.0 Å². The minimum absolute atomic E-state index is 0.867. The number of nitrogens with zero attached hydrogens (tertiary/aromatic N) is 2. The zero-order chi connectivity index (χ0) is 35.3. The highest BCUT2D eigenvalue weighted by Crippen LogP contribution is 2.44. The fraction of sp³-hybridized carbons (Fsp3) is 0.0196. The molecule has 1 aromatic heterocycles. The van der Waals surface area contributed by atoms with Gasteiger partial charge in [0.25, 0.3) is 0 Å². The molecule has 0 bridgehead atoms. The van der Waals surface area contributed by atoms with Crippen molar-refractivity contribution in [2.24, 2.45) is 0 Å². The Morgan fingerprint density at radius 2 is 0.981 bits per heavy atom. The maximum atomic E-state index is 4.56. The van der Waals surface area contributed by atoms with E-state index >= 15 is 0 Å². The molecule has 0 N–H and O–H groups in total. The lowest BCUT2D eigenvalue weighted by Crippen LogP contribution is -2.10. The van der Waals surface area contributed by atoms with Gasteiger partial charge in [-0.15, -0.1) is 0 Å². The van der Waals surface area contributed by atoms with Gasteiger partial charge in [-0.25, -0.2) is 0 Å². The van der Waals surface area contributed by atoms with Crippen LogP contribution in [0.2, 0.25) is 0 Å². The zero-order valence-electron chi connectivity index (χ0n) is 29.3. The van der Waals surface area contributed by atoms with E-state index in [1.807, 2.05) is 0 Å². The van der Waals surface area contributed by atoms with Crippen LogP contribution < -0.4 is 4.90 Å². The fourth-order valence-corrected chi connectivity index (χ4v) is 8.16. The molecule has 1 aliphatic rings. The lowest BCUT2D eigenvalue weighted by molar-refractivity contribution is 1.17. The molecule has 2 heteroatoms. The van der Waals surface area contributed by atoms with Gasteiger partial charge in [-0.1, -0.05) is 140 Å². The van der Waals surface area contributed by atoms with E-state index in [2.05, 4.69) is 210 Å². The fourth-order valence-electron chi connectivity index (χ4n) is 8.16. The van der Waals surface area contributed by atoms with Gasteiger partial charge in [-0.05, 0) is 117 Å². The molecule has 250 valence electrons. The second-order valence-electron chi connectivity index (χ2n) is 13.9. The highest BCUT2D eigenvalue weighted by atomic mass is 15.1. The molecule has 0 spiro atoms. The van der Waals surface area contributed by atoms with E-state index < -0.39 is 0 Å². The lowest BCUT2D eigenvalue weighted by Gasteiger charge is -2.27. The van der Waals surface area contributed by atoms with Crippen molar-refractivity contribution in [3.8, 4) is 39.1 Å². The van der Waals surface area contributed by atoms with Crippen molar-refractivity contribution in [3.05, 3.63) is 212 Å². The Morgan fingerprint density at radius 1 is 0.396 bits per heavy atom. The summed E-state index contributed by atoms with van der Waals surface area (Å²) in [5, 5.41) is 2.49. The second kappa shape index (κ2) is 12.7. The smallest absolute Gasteiger partial charge is 0.0547 e. The molecule has 0 aliphatic heterocycles. The van der Waals surface area contributed by atoms with Crippen LogP contribution in [0.5, 0.6) is 0 Å². The van der Waals surface area contributed by atoms with Crippen molar-refractivity contribution in [1.82, 2.24) is 4.57 Å². The summed E-state index contributed by atoms with van der Waals surface area (Å²) in [5.74, 6) is 0. The van der Waals surface area contributed by atoms with Crippen LogP contribution in [-0.2, 0) is 6.42 Å². The molecule has 0 saturated heterocycles. The largest absolute Gasteiger partial charge is 0.310 e. The summed E-state index contributed by atoms with van der Waals surface area (Å²) >= 11 is 0. The van der Waals surface area contributed by atoms with Crippen molar-refractivity contribution < 1.29 is 0 Å². The first kappa shape index (κ1) is 30.9. The van der Waals surface area contributed by atoms with Crippen LogP contribution in [0.3, 0.4) is 0 Å². The van der Waals surface area contributed by atoms with Gasteiger partial charge in [-0.3, -0.25) is 0 Å². The van der Waals surface area contributed by atoms with E-state index in [9.17, 15) is 0 Å². The summed E-state index contributed by atoms with van der Waals surface area (Å²) < 4.78 is 2.43. The first-order chi connectivity index (χ1) is 26.2. The molecule has 10 rings (SSSR count). The summed E-state index contributed by atoms with van der Waals surface area (Å²) in [6.07, 6.45) is 0.867. The van der Waals surface area contributed by atoms with Crippen LogP contribution in [0.25, 0.3) is 66.4 Å². The normalized spacial score (nSPS) is 12.1. The molecule has 0 radical (unpaired) electrons. The maximum Gasteiger partial charge on any atom is 0.0547 e. The minimum atomic E-state index is 0.867. The Kier molecular flexibility index (Phi) is 7.40. The summed E-state index contributed by atoms with van der Waals surface area (Å²) in [7, 11) is 0. The number of hydrogen-bond donors (Lipinski definition) is 0. The number of para-hydroxylation sites is 1. The van der Waals surface area contributed by atoms with Crippen LogP contribution in [0.4, 0.5) is 17.1 Å². The van der Waals surface area contributed by atoms with Gasteiger partial charge in [0.15, 0.2) is 0 Å². The quantitative estimate of drug-likeness (QED) is 0.170. The third kappa shape index (κ3) is 5.35. The van der Waals surface area contributed by atoms with Crippen LogP contribution in [0.15, 0.2) is 201 Å². The molecule has 1 heterocycles. The van der Waals surface area contributed by atoms with E-state index in [1.165, 1.54) is 66.3 Å². The van der Waals surface area contributed by atoms with E-state index in [1.54, 1.807) is 0 Å². The number of fused-ring (bicyclic) bond motifs is 6. The molecule has 53 heavy (non-hydrogen) atoms. The maximum absolute atomic E-state index is 4.56. The van der Waals surface area contributed by atoms with E-state index in [0.29, 0.717) is 0 Å². The van der Waals surface area contributed by atoms with Crippen molar-refractivity contribution in [3.63, 3.8) is 0 Å². The van der Waals surface area contributed by atoms with Crippen LogP contribution in [-0.4, -0.2) is 4.57 Å². The van der Waals surface area contributed by atoms with Gasteiger partial charge >= 0.3 is 0 Å². The summed E-state index contributed by atoms with van der Waals surface area (Å²) in [6, 6.07) is 70.2. The third-order valence-electron chi connectivity index (χ3n) is 10.7. The summed E-state index contributed by atoms with van der Waals surface area (Å²) in [6.45, 7) is 4.56. The van der Waals surface area contributed by atoms with Crippen molar-refractivity contribution >= 4 is 44.4 Å². The topological polar surface area (TPSA) is 8.17 Å². The Bertz CT molecular complexity index is 2710. The molecule has 0 fully saturated rings. The SMILES string of the molecule is C=C1Cc2ccccc2-c2cc3c4ccccc4n(-c4cccc(N(c5ccc(-c6ccccc6)cc5)c5ccc(-c6ccccc6)cc5)c4)c3cc21. The van der Waals surface area contributed by atoms with Crippen LogP contribution >= 0.6 is 0 Å². The second-order valence-corrected chi connectivity index (χ2v) is 13.9. The molecule has 1 aliphatic carbocycles. The molecule has 8 aromatic carbocycles. The van der Waals surface area contributed by atoms with E-state index in [-0.39, 0.29) is 0 Å². The Labute approximate surface area is 310 Å². The standard InChI is InChI=1S/C51H36N2/c1-35-31-40-17-8-9-20-45(40)48-33-49-46-21-10-11-22-50(46)53(51(49)34-47(35)48)44-19-12-18-43(32-44)52(41-27-23-38(24-28-41)36-13-4-2-5-14-36)42-29-25-39(26-30-42)37-15-6-3-7-16-37/h2-30,32-34H,1,31H2. The number of rotatable bonds is 6. The summed E-state index contributed by atoms with van der Waals surface area (Å²) in [5.41, 5.74) is 17.9. The van der Waals surface area contributed by atoms with Crippen LogP contribution in [0.1, 0.15) is 11.1 Å². The first-order valence-electron chi connectivity index (χ1n) is 18.2. The van der Waals surface area contributed by atoms with Crippen molar-refractivity contribution in [1.29, 1.82) is 0 Å². The van der Waals surface area contributed by atoms with Gasteiger partial charge in [0.1, 0.15) is 0 Å². The molecule has 0 saturated carbocycles. The molecular weight excluding hydrogens is 641 g/mol. The predicted molar refractivity (Wildman–Crippen MR) is 225 cm³/mol. The van der Waals surface area contributed by atoms with E-state index in [0.717, 1.165) is 34.7 Å². The molecule has 0 atom stereocenters. The number of benzene rings is 8. The number of anilines is 3. The highest BCUT2D eigenvalue weighted by molar-refractivity contribution is 6.12. The van der Waals surface area contributed by atoms with Crippen LogP contribution in [0, 0.1) is 0 Å². The molecule has 0 amide bonds. The zero-order valence-corrected chi connectivity index (χ0v) is 29.3. The number of hydrogen-bond acceptors (Lipinski definition) is 1. The van der Waals surface area contributed by atoms with Crippen molar-refractivity contribution in [2.75, 3.05) is 4.90 Å². The number of allylic oxidation sites excluding steroid dienone is 1. The molecule has 2 nitrogen and oxygen atoms in total. The van der Waals surface area contributed by atoms with Crippen molar-refractivity contribution in [2.45, 2.75) is 6.42 Å². The molecule has 9 aromatic rings. The molecular formula is C51H36N2. The van der Waals surface area contributed by atoms with Gasteiger partial charge in [0, 0.05) is 33.5 Å². The molecule has 0 unspecified atom stereocenters. The van der Waals surface area contributed by atoms with E-state index in [4.69, 9.17) is 0 Å². The van der Waals surface area contributed by atoms with Gasteiger partial charge < -0.3 is 9.47 Å². The Balaban J connectivity index is 1.14. The average molecular weight is 677 g/mol. The Hall–Kier alpha value is -6.90. The summed E-state index contributed by atoms with van der Waals surface area (Å²) in [4.78, 5) is 2.36. The lowest BCUT2D eigenvalue weighted by atomic mass is 9.82. The monoisotopic (exact) mass is 676 g/mol. The minimum Gasteiger partial charge on any atom is -0.310 e. The van der Waals surface area contributed by atoms with Gasteiger partial charge in [-0.2, -0.15) is 0 Å². The third-order valence-corrected chi connectivity index (χ3v) is 10.7. The average Bonchev–Trinajstić information content (AvgIpc) is 3.55. The number of aromatic nitrogens is 1. The predicted octanol–water partition coefficient (Wildman–Crippen LogP) is 13.8. The Morgan fingerprint density at radius 3 is 1.66 bits per heavy atom. The first-order valence-corrected chi connectivity index (χ1v) is 18.2. The van der Waals surface area contributed by atoms with Gasteiger partial charge in [0.2, 0.25) is 0 Å². The highest BCUT2D eigenvalue weighted by Gasteiger charge is 2.23.